The van der Waals surface area contributed by atoms with Gasteiger partial charge in [-0.25, -0.2) is 4.79 Å². The monoisotopic (exact) mass is 204 g/mol. The zero-order valence-electron chi connectivity index (χ0n) is 7.31. The van der Waals surface area contributed by atoms with Crippen LogP contribution in [-0.2, 0) is 0 Å². The summed E-state index contributed by atoms with van der Waals surface area (Å²) in [4.78, 5) is 11.4. The van der Waals surface area contributed by atoms with E-state index in [9.17, 15) is 4.79 Å². The summed E-state index contributed by atoms with van der Waals surface area (Å²) >= 11 is 0.845. The summed E-state index contributed by atoms with van der Waals surface area (Å²) in [6.45, 7) is 0. The Morgan fingerprint density at radius 2 is 1.79 bits per heavy atom. The Kier molecular flexibility index (Phi) is 2.41. The minimum Gasteiger partial charge on any atom is -0.473 e. The lowest BCUT2D eigenvalue weighted by Crippen LogP contribution is -1.84. The predicted octanol–water partition coefficient (Wildman–Crippen LogP) is 3.61. The Bertz CT molecular complexity index is 474. The maximum absolute atomic E-state index is 10.6. The number of carbonyl (C=O) groups is 1. The number of thioether (sulfide) groups is 1. The smallest absolute Gasteiger partial charge is 0.369 e. The molecule has 0 atom stereocenters. The Labute approximate surface area is 85.6 Å². The van der Waals surface area contributed by atoms with Gasteiger partial charge in [-0.15, -0.1) is 0 Å². The number of benzene rings is 2. The van der Waals surface area contributed by atoms with Gasteiger partial charge >= 0.3 is 5.30 Å². The average Bonchev–Trinajstić information content (AvgIpc) is 2.18. The second kappa shape index (κ2) is 3.72. The Morgan fingerprint density at radius 1 is 1.07 bits per heavy atom. The van der Waals surface area contributed by atoms with Crippen molar-refractivity contribution in [3.05, 3.63) is 42.5 Å². The molecule has 2 aromatic carbocycles. The fraction of sp³-hybridized carbons (Fsp3) is 0. The van der Waals surface area contributed by atoms with Gasteiger partial charge in [0.2, 0.25) is 0 Å². The van der Waals surface area contributed by atoms with Crippen LogP contribution in [0.25, 0.3) is 10.8 Å². The van der Waals surface area contributed by atoms with Crippen LogP contribution in [0, 0.1) is 0 Å². The lowest BCUT2D eigenvalue weighted by Gasteiger charge is -2.02. The van der Waals surface area contributed by atoms with Gasteiger partial charge in [0.15, 0.2) is 0 Å². The number of fused-ring (bicyclic) bond motifs is 1. The van der Waals surface area contributed by atoms with Crippen LogP contribution >= 0.6 is 11.8 Å². The van der Waals surface area contributed by atoms with Crippen molar-refractivity contribution < 1.29 is 9.90 Å². The molecule has 0 bridgehead atoms. The van der Waals surface area contributed by atoms with E-state index in [0.29, 0.717) is 0 Å². The highest BCUT2D eigenvalue weighted by atomic mass is 32.2. The molecule has 0 aliphatic carbocycles. The normalized spacial score (nSPS) is 10.3. The molecule has 0 unspecified atom stereocenters. The van der Waals surface area contributed by atoms with Gasteiger partial charge in [-0.3, -0.25) is 0 Å². The van der Waals surface area contributed by atoms with Crippen LogP contribution in [0.1, 0.15) is 0 Å². The van der Waals surface area contributed by atoms with Gasteiger partial charge in [0.1, 0.15) is 0 Å². The molecule has 0 saturated heterocycles. The maximum atomic E-state index is 10.6. The molecule has 0 spiro atoms. The molecule has 0 saturated carbocycles. The molecule has 0 aliphatic rings. The van der Waals surface area contributed by atoms with Crippen molar-refractivity contribution in [3.63, 3.8) is 0 Å². The van der Waals surface area contributed by atoms with E-state index in [2.05, 4.69) is 0 Å². The van der Waals surface area contributed by atoms with Crippen LogP contribution in [0.5, 0.6) is 0 Å². The molecule has 2 nitrogen and oxygen atoms in total. The first-order valence-electron chi connectivity index (χ1n) is 4.16. The zero-order chi connectivity index (χ0) is 9.97. The first kappa shape index (κ1) is 9.09. The van der Waals surface area contributed by atoms with Gasteiger partial charge in [-0.2, -0.15) is 0 Å². The largest absolute Gasteiger partial charge is 0.473 e. The molecule has 0 aliphatic heterocycles. The number of carboxylic acid groups (broad SMARTS) is 1. The first-order chi connectivity index (χ1) is 6.77. The van der Waals surface area contributed by atoms with Crippen LogP contribution in [-0.4, -0.2) is 10.4 Å². The molecule has 0 amide bonds. The minimum absolute atomic E-state index is 0.788. The van der Waals surface area contributed by atoms with Crippen molar-refractivity contribution in [1.82, 2.24) is 0 Å². The summed E-state index contributed by atoms with van der Waals surface area (Å²) in [5.41, 5.74) is 0. The van der Waals surface area contributed by atoms with Gasteiger partial charge in [-0.1, -0.05) is 36.4 Å². The van der Waals surface area contributed by atoms with E-state index in [4.69, 9.17) is 5.11 Å². The third kappa shape index (κ3) is 1.72. The summed E-state index contributed by atoms with van der Waals surface area (Å²) in [7, 11) is 0. The fourth-order valence-electron chi connectivity index (χ4n) is 1.38. The van der Waals surface area contributed by atoms with E-state index in [0.717, 1.165) is 27.4 Å². The molecule has 2 rings (SSSR count). The molecule has 14 heavy (non-hydrogen) atoms. The quantitative estimate of drug-likeness (QED) is 0.721. The van der Waals surface area contributed by atoms with Crippen LogP contribution < -0.4 is 0 Å². The molecule has 70 valence electrons. The minimum atomic E-state index is -0.874. The van der Waals surface area contributed by atoms with Crippen molar-refractivity contribution in [2.24, 2.45) is 0 Å². The van der Waals surface area contributed by atoms with Crippen molar-refractivity contribution >= 4 is 27.8 Å². The zero-order valence-corrected chi connectivity index (χ0v) is 8.12. The fourth-order valence-corrected chi connectivity index (χ4v) is 2.01. The topological polar surface area (TPSA) is 37.3 Å². The van der Waals surface area contributed by atoms with Gasteiger partial charge in [0, 0.05) is 4.90 Å². The first-order valence-corrected chi connectivity index (χ1v) is 4.97. The maximum Gasteiger partial charge on any atom is 0.369 e. The average molecular weight is 204 g/mol. The van der Waals surface area contributed by atoms with Crippen molar-refractivity contribution in [3.8, 4) is 0 Å². The number of hydrogen-bond donors (Lipinski definition) is 1. The molecule has 0 heterocycles. The van der Waals surface area contributed by atoms with E-state index < -0.39 is 5.30 Å². The van der Waals surface area contributed by atoms with Crippen molar-refractivity contribution in [1.29, 1.82) is 0 Å². The van der Waals surface area contributed by atoms with Crippen molar-refractivity contribution in [2.45, 2.75) is 4.90 Å². The second-order valence-corrected chi connectivity index (χ2v) is 3.84. The lowest BCUT2D eigenvalue weighted by molar-refractivity contribution is 0.222. The summed E-state index contributed by atoms with van der Waals surface area (Å²) in [6.07, 6.45) is 0. The van der Waals surface area contributed by atoms with Gasteiger partial charge in [0.05, 0.1) is 0 Å². The van der Waals surface area contributed by atoms with E-state index in [1.165, 1.54) is 0 Å². The van der Waals surface area contributed by atoms with E-state index in [1.54, 1.807) is 0 Å². The Balaban J connectivity index is 2.59. The molecule has 3 heteroatoms. The Hall–Kier alpha value is -1.48. The summed E-state index contributed by atoms with van der Waals surface area (Å²) in [5.74, 6) is 0. The molecular formula is C11H8O2S. The van der Waals surface area contributed by atoms with Crippen LogP contribution in [0.2, 0.25) is 0 Å². The van der Waals surface area contributed by atoms with E-state index >= 15 is 0 Å². The molecule has 1 N–H and O–H groups in total. The van der Waals surface area contributed by atoms with Gasteiger partial charge in [-0.05, 0) is 28.6 Å². The molecule has 0 aromatic heterocycles. The lowest BCUT2D eigenvalue weighted by atomic mass is 10.1. The van der Waals surface area contributed by atoms with Crippen molar-refractivity contribution in [2.75, 3.05) is 0 Å². The van der Waals surface area contributed by atoms with E-state index in [1.807, 2.05) is 42.5 Å². The van der Waals surface area contributed by atoms with Crippen LogP contribution in [0.4, 0.5) is 4.79 Å². The SMILES string of the molecule is O=C(O)Sc1cccc2ccccc12. The highest BCUT2D eigenvalue weighted by Gasteiger charge is 2.04. The number of rotatable bonds is 1. The third-order valence-electron chi connectivity index (χ3n) is 1.95. The van der Waals surface area contributed by atoms with Gasteiger partial charge in [0.25, 0.3) is 0 Å². The predicted molar refractivity (Wildman–Crippen MR) is 57.8 cm³/mol. The summed E-state index contributed by atoms with van der Waals surface area (Å²) in [5, 5.41) is 9.87. The van der Waals surface area contributed by atoms with Gasteiger partial charge < -0.3 is 5.11 Å². The highest BCUT2D eigenvalue weighted by molar-refractivity contribution is 8.13. The van der Waals surface area contributed by atoms with Crippen LogP contribution in [0.15, 0.2) is 47.4 Å². The van der Waals surface area contributed by atoms with Crippen LogP contribution in [0.3, 0.4) is 0 Å². The summed E-state index contributed by atoms with van der Waals surface area (Å²) in [6, 6.07) is 13.4. The third-order valence-corrected chi connectivity index (χ3v) is 2.70. The molecular weight excluding hydrogens is 196 g/mol. The van der Waals surface area contributed by atoms with E-state index in [-0.39, 0.29) is 0 Å². The standard InChI is InChI=1S/C11H8O2S/c12-11(13)14-10-7-3-5-8-4-1-2-6-9(8)10/h1-7H,(H,12,13). The molecule has 0 radical (unpaired) electrons. The highest BCUT2D eigenvalue weighted by Crippen LogP contribution is 2.27. The Morgan fingerprint density at radius 3 is 2.57 bits per heavy atom. The number of hydrogen-bond acceptors (Lipinski definition) is 2. The summed E-state index contributed by atoms with van der Waals surface area (Å²) < 4.78 is 0. The molecule has 0 fully saturated rings. The molecule has 2 aromatic rings. The second-order valence-electron chi connectivity index (χ2n) is 2.85.